The highest BCUT2D eigenvalue weighted by Gasteiger charge is 2.10. The second-order valence-corrected chi connectivity index (χ2v) is 4.33. The molecule has 6 nitrogen and oxygen atoms in total. The van der Waals surface area contributed by atoms with Crippen LogP contribution >= 0.6 is 0 Å². The average Bonchev–Trinajstić information content (AvgIpc) is 2.52. The van der Waals surface area contributed by atoms with Gasteiger partial charge in [0.05, 0.1) is 18.7 Å². The Morgan fingerprint density at radius 2 is 2.19 bits per heavy atom. The summed E-state index contributed by atoms with van der Waals surface area (Å²) in [6.07, 6.45) is 3.33. The van der Waals surface area contributed by atoms with Gasteiger partial charge in [-0.05, 0) is 13.0 Å². The topological polar surface area (TPSA) is 82.5 Å². The lowest BCUT2D eigenvalue weighted by Gasteiger charge is -2.14. The normalized spacial score (nSPS) is 9.48. The summed E-state index contributed by atoms with van der Waals surface area (Å²) < 4.78 is 0. The number of carbonyl (C=O) groups is 2. The Bertz CT molecular complexity index is 561. The molecule has 0 bridgehead atoms. The molecule has 0 aliphatic carbocycles. The molecule has 1 rings (SSSR count). The van der Waals surface area contributed by atoms with E-state index in [2.05, 4.69) is 22.1 Å². The molecule has 0 spiro atoms. The molecule has 2 N–H and O–H groups in total. The number of aromatic nitrogens is 1. The Hall–Kier alpha value is -2.39. The summed E-state index contributed by atoms with van der Waals surface area (Å²) in [5.41, 5.74) is 0.936. The minimum Gasteiger partial charge on any atom is -0.395 e. The van der Waals surface area contributed by atoms with Crippen LogP contribution in [0.4, 0.5) is 0 Å². The number of pyridine rings is 1. The summed E-state index contributed by atoms with van der Waals surface area (Å²) in [4.78, 5) is 29.0. The lowest BCUT2D eigenvalue weighted by molar-refractivity contribution is -0.128. The second kappa shape index (κ2) is 8.72. The van der Waals surface area contributed by atoms with Crippen molar-refractivity contribution >= 4 is 11.8 Å². The number of nitrogens with one attached hydrogen (secondary N) is 1. The van der Waals surface area contributed by atoms with Gasteiger partial charge in [0.15, 0.2) is 0 Å². The smallest absolute Gasteiger partial charge is 0.253 e. The van der Waals surface area contributed by atoms with Crippen molar-refractivity contribution in [2.24, 2.45) is 0 Å². The Kier molecular flexibility index (Phi) is 6.92. The monoisotopic (exact) mass is 289 g/mol. The molecule has 1 aromatic heterocycles. The lowest BCUT2D eigenvalue weighted by atomic mass is 10.2. The Labute approximate surface area is 124 Å². The van der Waals surface area contributed by atoms with E-state index in [1.54, 1.807) is 13.1 Å². The minimum atomic E-state index is -0.369. The molecule has 0 aliphatic rings. The van der Waals surface area contributed by atoms with Gasteiger partial charge in [-0.2, -0.15) is 0 Å². The highest BCUT2D eigenvalue weighted by molar-refractivity contribution is 5.96. The first kappa shape index (κ1) is 16.7. The van der Waals surface area contributed by atoms with E-state index in [0.29, 0.717) is 24.1 Å². The molecule has 2 amide bonds. The molecule has 0 saturated carbocycles. The van der Waals surface area contributed by atoms with Crippen molar-refractivity contribution in [3.05, 3.63) is 29.6 Å². The summed E-state index contributed by atoms with van der Waals surface area (Å²) >= 11 is 0. The molecular formula is C15H19N3O3. The van der Waals surface area contributed by atoms with Crippen LogP contribution in [0, 0.1) is 11.8 Å². The number of hydrogen-bond donors (Lipinski definition) is 2. The van der Waals surface area contributed by atoms with Crippen LogP contribution in [0.3, 0.4) is 0 Å². The molecule has 0 aromatic carbocycles. The maximum absolute atomic E-state index is 11.9. The summed E-state index contributed by atoms with van der Waals surface area (Å²) in [5, 5.41) is 11.2. The van der Waals surface area contributed by atoms with Gasteiger partial charge < -0.3 is 15.3 Å². The zero-order valence-electron chi connectivity index (χ0n) is 12.2. The fraction of sp³-hybridized carbons (Fsp3) is 0.400. The molecule has 0 aliphatic heterocycles. The molecule has 1 aromatic rings. The number of hydrogen-bond acceptors (Lipinski definition) is 4. The molecule has 0 atom stereocenters. The summed E-state index contributed by atoms with van der Waals surface area (Å²) in [7, 11) is 1.67. The number of aliphatic hydroxyl groups is 1. The zero-order chi connectivity index (χ0) is 15.7. The van der Waals surface area contributed by atoms with Crippen LogP contribution in [-0.2, 0) is 4.79 Å². The zero-order valence-corrected chi connectivity index (χ0v) is 12.2. The summed E-state index contributed by atoms with van der Waals surface area (Å²) in [6, 6.07) is 1.60. The van der Waals surface area contributed by atoms with Crippen LogP contribution in [0.15, 0.2) is 18.5 Å². The van der Waals surface area contributed by atoms with Gasteiger partial charge in [0.2, 0.25) is 5.91 Å². The second-order valence-electron chi connectivity index (χ2n) is 4.33. The average molecular weight is 289 g/mol. The Morgan fingerprint density at radius 3 is 2.86 bits per heavy atom. The molecule has 112 valence electrons. The lowest BCUT2D eigenvalue weighted by Crippen LogP contribution is -2.38. The van der Waals surface area contributed by atoms with Crippen LogP contribution in [0.25, 0.3) is 0 Å². The number of likely N-dealkylation sites (N-methyl/N-ethyl adjacent to an activating group) is 1. The largest absolute Gasteiger partial charge is 0.395 e. The molecule has 1 heterocycles. The summed E-state index contributed by atoms with van der Waals surface area (Å²) in [6.45, 7) is 2.39. The van der Waals surface area contributed by atoms with Gasteiger partial charge >= 0.3 is 0 Å². The highest BCUT2D eigenvalue weighted by atomic mass is 16.2. The van der Waals surface area contributed by atoms with Gasteiger partial charge in [-0.15, -0.1) is 0 Å². The van der Waals surface area contributed by atoms with Crippen molar-refractivity contribution in [3.8, 4) is 11.8 Å². The molecule has 6 heteroatoms. The van der Waals surface area contributed by atoms with E-state index in [1.165, 1.54) is 17.3 Å². The van der Waals surface area contributed by atoms with Crippen LogP contribution < -0.4 is 5.32 Å². The van der Waals surface area contributed by atoms with Crippen molar-refractivity contribution in [3.63, 3.8) is 0 Å². The van der Waals surface area contributed by atoms with E-state index in [4.69, 9.17) is 5.11 Å². The fourth-order valence-corrected chi connectivity index (χ4v) is 1.42. The van der Waals surface area contributed by atoms with Gasteiger partial charge in [0.25, 0.3) is 5.91 Å². The first-order chi connectivity index (χ1) is 10.1. The van der Waals surface area contributed by atoms with E-state index < -0.39 is 0 Å². The van der Waals surface area contributed by atoms with Crippen molar-refractivity contribution in [1.82, 2.24) is 15.2 Å². The van der Waals surface area contributed by atoms with E-state index in [0.717, 1.165) is 0 Å². The van der Waals surface area contributed by atoms with Gasteiger partial charge in [-0.3, -0.25) is 14.6 Å². The first-order valence-electron chi connectivity index (χ1n) is 6.65. The molecule has 0 unspecified atom stereocenters. The maximum Gasteiger partial charge on any atom is 0.253 e. The quantitative estimate of drug-likeness (QED) is 0.749. The van der Waals surface area contributed by atoms with Gasteiger partial charge in [0.1, 0.15) is 0 Å². The number of aliphatic hydroxyl groups excluding tert-OH is 1. The van der Waals surface area contributed by atoms with Crippen LogP contribution in [0.2, 0.25) is 0 Å². The third kappa shape index (κ3) is 5.63. The molecular weight excluding hydrogens is 270 g/mol. The Morgan fingerprint density at radius 1 is 1.43 bits per heavy atom. The molecule has 21 heavy (non-hydrogen) atoms. The molecule has 0 fully saturated rings. The number of nitrogens with zero attached hydrogens (tertiary/aromatic N) is 2. The van der Waals surface area contributed by atoms with E-state index >= 15 is 0 Å². The predicted octanol–water partition coefficient (Wildman–Crippen LogP) is 0.0236. The van der Waals surface area contributed by atoms with Gasteiger partial charge in [0, 0.05) is 38.0 Å². The van der Waals surface area contributed by atoms with E-state index in [-0.39, 0.29) is 25.0 Å². The van der Waals surface area contributed by atoms with E-state index in [9.17, 15) is 9.59 Å². The molecule has 0 radical (unpaired) electrons. The number of carbonyl (C=O) groups excluding carboxylic acids is 2. The van der Waals surface area contributed by atoms with Crippen molar-refractivity contribution < 1.29 is 14.7 Å². The van der Waals surface area contributed by atoms with Crippen LogP contribution in [0.5, 0.6) is 0 Å². The number of rotatable bonds is 5. The minimum absolute atomic E-state index is 0.00629. The van der Waals surface area contributed by atoms with E-state index in [1.807, 2.05) is 6.92 Å². The fourth-order valence-electron chi connectivity index (χ4n) is 1.42. The SMILES string of the molecule is CCN(C)C(=O)CNC(=O)c1cncc(C#CCCO)c1. The van der Waals surface area contributed by atoms with Crippen LogP contribution in [-0.4, -0.2) is 53.5 Å². The molecule has 0 saturated heterocycles. The van der Waals surface area contributed by atoms with Gasteiger partial charge in [-0.1, -0.05) is 11.8 Å². The van der Waals surface area contributed by atoms with Crippen molar-refractivity contribution in [2.45, 2.75) is 13.3 Å². The van der Waals surface area contributed by atoms with Crippen LogP contribution in [0.1, 0.15) is 29.3 Å². The Balaban J connectivity index is 2.65. The summed E-state index contributed by atoms with van der Waals surface area (Å²) in [5.74, 6) is 5.04. The first-order valence-corrected chi connectivity index (χ1v) is 6.65. The third-order valence-corrected chi connectivity index (χ3v) is 2.77. The standard InChI is InChI=1S/C15H19N3O3/c1-3-18(2)14(20)11-17-15(21)13-8-12(9-16-10-13)6-4-5-7-19/h8-10,19H,3,5,7,11H2,1-2H3,(H,17,21). The maximum atomic E-state index is 11.9. The third-order valence-electron chi connectivity index (χ3n) is 2.77. The van der Waals surface area contributed by atoms with Gasteiger partial charge in [-0.25, -0.2) is 0 Å². The van der Waals surface area contributed by atoms with Crippen molar-refractivity contribution in [1.29, 1.82) is 0 Å². The number of amides is 2. The highest BCUT2D eigenvalue weighted by Crippen LogP contribution is 2.01. The predicted molar refractivity (Wildman–Crippen MR) is 78.5 cm³/mol. The van der Waals surface area contributed by atoms with Crippen molar-refractivity contribution in [2.75, 3.05) is 26.7 Å².